The first kappa shape index (κ1) is 12.5. The smallest absolute Gasteiger partial charge is 0.129 e. The molecular weight excluding hydrogens is 257 g/mol. The molecule has 4 heteroatoms. The molecule has 0 saturated heterocycles. The summed E-state index contributed by atoms with van der Waals surface area (Å²) in [4.78, 5) is 4.52. The average molecular weight is 270 g/mol. The Morgan fingerprint density at radius 2 is 2.00 bits per heavy atom. The van der Waals surface area contributed by atoms with E-state index in [2.05, 4.69) is 11.9 Å². The Morgan fingerprint density at radius 1 is 1.29 bits per heavy atom. The first-order valence-electron chi connectivity index (χ1n) is 5.41. The average Bonchev–Trinajstić information content (AvgIpc) is 2.31. The van der Waals surface area contributed by atoms with Crippen LogP contribution < -0.4 is 4.74 Å². The zero-order valence-electron chi connectivity index (χ0n) is 9.97. The number of halogens is 2. The molecule has 0 aliphatic heterocycles. The van der Waals surface area contributed by atoms with Gasteiger partial charge >= 0.3 is 0 Å². The topological polar surface area (TPSA) is 22.1 Å². The van der Waals surface area contributed by atoms with Crippen LogP contribution in [0.5, 0.6) is 5.75 Å². The second-order valence-corrected chi connectivity index (χ2v) is 4.60. The summed E-state index contributed by atoms with van der Waals surface area (Å²) in [6.45, 7) is 4.00. The number of ether oxygens (including phenoxy) is 1. The molecule has 0 atom stereocenters. The number of aromatic nitrogens is 1. The van der Waals surface area contributed by atoms with Crippen LogP contribution in [0.2, 0.25) is 10.0 Å². The number of hydrogen-bond acceptors (Lipinski definition) is 2. The number of methoxy groups -OCH3 is 1. The summed E-state index contributed by atoms with van der Waals surface area (Å²) < 4.78 is 5.32. The molecule has 1 aromatic carbocycles. The van der Waals surface area contributed by atoms with E-state index in [0.717, 1.165) is 23.1 Å². The number of fused-ring (bicyclic) bond motifs is 1. The van der Waals surface area contributed by atoms with Crippen molar-refractivity contribution in [1.29, 1.82) is 0 Å². The van der Waals surface area contributed by atoms with Crippen LogP contribution in [0.4, 0.5) is 0 Å². The van der Waals surface area contributed by atoms with E-state index in [9.17, 15) is 0 Å². The lowest BCUT2D eigenvalue weighted by Crippen LogP contribution is -1.97. The molecule has 90 valence electrons. The summed E-state index contributed by atoms with van der Waals surface area (Å²) in [6.07, 6.45) is 0.837. The maximum absolute atomic E-state index is 6.42. The first-order valence-corrected chi connectivity index (χ1v) is 6.16. The Morgan fingerprint density at radius 3 is 2.59 bits per heavy atom. The molecule has 0 saturated carbocycles. The van der Waals surface area contributed by atoms with Gasteiger partial charge in [-0.05, 0) is 31.0 Å². The van der Waals surface area contributed by atoms with Crippen molar-refractivity contribution in [2.24, 2.45) is 0 Å². The van der Waals surface area contributed by atoms with Crippen LogP contribution >= 0.6 is 23.2 Å². The number of aryl methyl sites for hydroxylation is 1. The molecule has 0 spiro atoms. The molecule has 0 bridgehead atoms. The van der Waals surface area contributed by atoms with Crippen LogP contribution in [0.3, 0.4) is 0 Å². The van der Waals surface area contributed by atoms with E-state index in [1.165, 1.54) is 0 Å². The highest BCUT2D eigenvalue weighted by Crippen LogP contribution is 2.38. The molecule has 0 amide bonds. The van der Waals surface area contributed by atoms with Gasteiger partial charge < -0.3 is 4.74 Å². The summed E-state index contributed by atoms with van der Waals surface area (Å²) >= 11 is 12.6. The fourth-order valence-electron chi connectivity index (χ4n) is 1.99. The fourth-order valence-corrected chi connectivity index (χ4v) is 2.65. The molecule has 0 unspecified atom stereocenters. The Labute approximate surface area is 111 Å². The summed E-state index contributed by atoms with van der Waals surface area (Å²) in [5.41, 5.74) is 2.66. The van der Waals surface area contributed by atoms with Gasteiger partial charge in [-0.3, -0.25) is 4.98 Å². The molecule has 0 N–H and O–H groups in total. The van der Waals surface area contributed by atoms with E-state index in [0.29, 0.717) is 21.3 Å². The predicted molar refractivity (Wildman–Crippen MR) is 72.4 cm³/mol. The molecule has 2 nitrogen and oxygen atoms in total. The third kappa shape index (κ3) is 1.96. The van der Waals surface area contributed by atoms with Crippen molar-refractivity contribution in [2.45, 2.75) is 20.3 Å². The Hall–Kier alpha value is -0.990. The predicted octanol–water partition coefficient (Wildman–Crippen LogP) is 4.42. The van der Waals surface area contributed by atoms with Crippen molar-refractivity contribution in [3.63, 3.8) is 0 Å². The minimum absolute atomic E-state index is 0.591. The van der Waals surface area contributed by atoms with Gasteiger partial charge in [-0.1, -0.05) is 30.1 Å². The summed E-state index contributed by atoms with van der Waals surface area (Å²) in [6, 6.07) is 3.59. The molecule has 0 radical (unpaired) electrons. The molecule has 0 aliphatic carbocycles. The van der Waals surface area contributed by atoms with Gasteiger partial charge in [0, 0.05) is 5.69 Å². The quantitative estimate of drug-likeness (QED) is 0.805. The van der Waals surface area contributed by atoms with Crippen LogP contribution in [0, 0.1) is 6.92 Å². The van der Waals surface area contributed by atoms with Gasteiger partial charge in [0.1, 0.15) is 5.75 Å². The highest BCUT2D eigenvalue weighted by Gasteiger charge is 2.15. The van der Waals surface area contributed by atoms with Gasteiger partial charge in [0.2, 0.25) is 0 Å². The standard InChI is InChI=1S/C13H13Cl2NO/c1-4-8-7(2)16-13-9(14)5-6-10(17-3)11(13)12(8)15/h5-6H,4H2,1-3H3. The largest absolute Gasteiger partial charge is 0.496 e. The molecule has 2 rings (SSSR count). The van der Waals surface area contributed by atoms with E-state index < -0.39 is 0 Å². The first-order chi connectivity index (χ1) is 8.10. The Kier molecular flexibility index (Phi) is 3.45. The number of hydrogen-bond donors (Lipinski definition) is 0. The van der Waals surface area contributed by atoms with Crippen molar-refractivity contribution in [3.8, 4) is 5.75 Å². The molecular formula is C13H13Cl2NO. The molecule has 1 heterocycles. The van der Waals surface area contributed by atoms with E-state index >= 15 is 0 Å². The van der Waals surface area contributed by atoms with Crippen LogP contribution in [-0.4, -0.2) is 12.1 Å². The van der Waals surface area contributed by atoms with Crippen molar-refractivity contribution >= 4 is 34.1 Å². The van der Waals surface area contributed by atoms with Crippen LogP contribution in [0.1, 0.15) is 18.2 Å². The second-order valence-electron chi connectivity index (χ2n) is 3.82. The second kappa shape index (κ2) is 4.71. The van der Waals surface area contributed by atoms with Gasteiger partial charge in [-0.25, -0.2) is 0 Å². The molecule has 2 aromatic rings. The zero-order valence-corrected chi connectivity index (χ0v) is 11.5. The molecule has 0 fully saturated rings. The van der Waals surface area contributed by atoms with E-state index in [4.69, 9.17) is 27.9 Å². The molecule has 17 heavy (non-hydrogen) atoms. The number of rotatable bonds is 2. The van der Waals surface area contributed by atoms with Gasteiger partial charge in [-0.2, -0.15) is 0 Å². The third-order valence-corrected chi connectivity index (χ3v) is 3.59. The Bertz CT molecular complexity index is 581. The monoisotopic (exact) mass is 269 g/mol. The lowest BCUT2D eigenvalue weighted by molar-refractivity contribution is 0.419. The fraction of sp³-hybridized carbons (Fsp3) is 0.308. The number of nitrogens with zero attached hydrogens (tertiary/aromatic N) is 1. The van der Waals surface area contributed by atoms with Crippen molar-refractivity contribution in [2.75, 3.05) is 7.11 Å². The number of benzene rings is 1. The van der Waals surface area contributed by atoms with E-state index in [1.54, 1.807) is 13.2 Å². The highest BCUT2D eigenvalue weighted by atomic mass is 35.5. The highest BCUT2D eigenvalue weighted by molar-refractivity contribution is 6.40. The van der Waals surface area contributed by atoms with Gasteiger partial charge in [-0.15, -0.1) is 0 Å². The van der Waals surface area contributed by atoms with E-state index in [-0.39, 0.29) is 0 Å². The minimum atomic E-state index is 0.591. The van der Waals surface area contributed by atoms with Crippen molar-refractivity contribution < 1.29 is 4.74 Å². The maximum Gasteiger partial charge on any atom is 0.129 e. The number of pyridine rings is 1. The van der Waals surface area contributed by atoms with Gasteiger partial charge in [0.25, 0.3) is 0 Å². The zero-order chi connectivity index (χ0) is 12.6. The normalized spacial score (nSPS) is 10.9. The van der Waals surface area contributed by atoms with Gasteiger partial charge in [0.05, 0.1) is 28.1 Å². The Balaban J connectivity index is 2.95. The van der Waals surface area contributed by atoms with Crippen LogP contribution in [0.15, 0.2) is 12.1 Å². The third-order valence-electron chi connectivity index (χ3n) is 2.86. The lowest BCUT2D eigenvalue weighted by Gasteiger charge is -2.13. The summed E-state index contributed by atoms with van der Waals surface area (Å²) in [5, 5.41) is 2.08. The minimum Gasteiger partial charge on any atom is -0.496 e. The maximum atomic E-state index is 6.42. The summed E-state index contributed by atoms with van der Waals surface area (Å²) in [7, 11) is 1.62. The SMILES string of the molecule is CCc1c(C)nc2c(Cl)ccc(OC)c2c1Cl. The van der Waals surface area contributed by atoms with Crippen molar-refractivity contribution in [3.05, 3.63) is 33.4 Å². The van der Waals surface area contributed by atoms with Crippen molar-refractivity contribution in [1.82, 2.24) is 4.98 Å². The summed E-state index contributed by atoms with van der Waals surface area (Å²) in [5.74, 6) is 0.705. The molecule has 0 aliphatic rings. The van der Waals surface area contributed by atoms with Crippen LogP contribution in [0.25, 0.3) is 10.9 Å². The van der Waals surface area contributed by atoms with Crippen LogP contribution in [-0.2, 0) is 6.42 Å². The molecule has 1 aromatic heterocycles. The van der Waals surface area contributed by atoms with Gasteiger partial charge in [0.15, 0.2) is 0 Å². The lowest BCUT2D eigenvalue weighted by atomic mass is 10.1. The van der Waals surface area contributed by atoms with E-state index in [1.807, 2.05) is 13.0 Å².